The van der Waals surface area contributed by atoms with Crippen molar-refractivity contribution in [3.63, 3.8) is 0 Å². The van der Waals surface area contributed by atoms with Gasteiger partial charge in [0.2, 0.25) is 0 Å². The Morgan fingerprint density at radius 3 is 2.67 bits per heavy atom. The minimum atomic E-state index is -2.51. The number of halogens is 3. The summed E-state index contributed by atoms with van der Waals surface area (Å²) < 4.78 is 29.1. The Balaban J connectivity index is 2.79. The van der Waals surface area contributed by atoms with E-state index in [1.54, 1.807) is 6.07 Å². The monoisotopic (exact) mass is 278 g/mol. The SMILES string of the molecule is N=C(N)c1ccc(OCC(F)F)c(Br)c1. The number of hydrogen-bond acceptors (Lipinski definition) is 2. The Morgan fingerprint density at radius 2 is 2.20 bits per heavy atom. The third kappa shape index (κ3) is 3.47. The molecule has 0 saturated carbocycles. The van der Waals surface area contributed by atoms with E-state index in [1.807, 2.05) is 0 Å². The molecule has 0 radical (unpaired) electrons. The van der Waals surface area contributed by atoms with Gasteiger partial charge in [-0.05, 0) is 34.1 Å². The average molecular weight is 279 g/mol. The Bertz CT molecular complexity index is 371. The van der Waals surface area contributed by atoms with Crippen LogP contribution in [0.25, 0.3) is 0 Å². The second-order valence-corrected chi connectivity index (χ2v) is 3.62. The normalized spacial score (nSPS) is 10.4. The minimum absolute atomic E-state index is 0.0869. The molecule has 1 aromatic rings. The van der Waals surface area contributed by atoms with Gasteiger partial charge in [-0.3, -0.25) is 5.41 Å². The van der Waals surface area contributed by atoms with E-state index in [0.717, 1.165) is 0 Å². The van der Waals surface area contributed by atoms with Crippen molar-refractivity contribution in [2.75, 3.05) is 6.61 Å². The number of hydrogen-bond donors (Lipinski definition) is 2. The van der Waals surface area contributed by atoms with Gasteiger partial charge >= 0.3 is 0 Å². The summed E-state index contributed by atoms with van der Waals surface area (Å²) in [4.78, 5) is 0. The summed E-state index contributed by atoms with van der Waals surface area (Å²) in [5, 5.41) is 7.17. The average Bonchev–Trinajstić information content (AvgIpc) is 2.15. The Hall–Kier alpha value is -1.17. The molecule has 82 valence electrons. The van der Waals surface area contributed by atoms with E-state index in [2.05, 4.69) is 15.9 Å². The van der Waals surface area contributed by atoms with Crippen molar-refractivity contribution in [3.05, 3.63) is 28.2 Å². The molecule has 0 fully saturated rings. The van der Waals surface area contributed by atoms with E-state index >= 15 is 0 Å². The summed E-state index contributed by atoms with van der Waals surface area (Å²) in [6.45, 7) is -0.655. The van der Waals surface area contributed by atoms with E-state index in [4.69, 9.17) is 15.9 Å². The molecule has 0 aliphatic heterocycles. The molecule has 3 nitrogen and oxygen atoms in total. The van der Waals surface area contributed by atoms with Gasteiger partial charge in [-0.2, -0.15) is 0 Å². The van der Waals surface area contributed by atoms with Crippen molar-refractivity contribution in [2.45, 2.75) is 6.43 Å². The van der Waals surface area contributed by atoms with Crippen LogP contribution in [0.3, 0.4) is 0 Å². The number of benzene rings is 1. The van der Waals surface area contributed by atoms with Gasteiger partial charge in [0.15, 0.2) is 0 Å². The number of nitrogens with one attached hydrogen (secondary N) is 1. The highest BCUT2D eigenvalue weighted by molar-refractivity contribution is 9.10. The molecule has 0 aromatic heterocycles. The van der Waals surface area contributed by atoms with Crippen LogP contribution in [0.15, 0.2) is 22.7 Å². The zero-order valence-electron chi connectivity index (χ0n) is 7.64. The van der Waals surface area contributed by atoms with E-state index in [0.29, 0.717) is 15.8 Å². The number of ether oxygens (including phenoxy) is 1. The Morgan fingerprint density at radius 1 is 1.53 bits per heavy atom. The Labute approximate surface area is 93.9 Å². The highest BCUT2D eigenvalue weighted by Gasteiger charge is 2.07. The molecule has 15 heavy (non-hydrogen) atoms. The predicted molar refractivity (Wildman–Crippen MR) is 56.7 cm³/mol. The van der Waals surface area contributed by atoms with Gasteiger partial charge in [0.05, 0.1) is 4.47 Å². The first-order valence-corrected chi connectivity index (χ1v) is 4.85. The molecular weight excluding hydrogens is 270 g/mol. The van der Waals surface area contributed by atoms with Crippen LogP contribution in [-0.2, 0) is 0 Å². The van der Waals surface area contributed by atoms with E-state index in [9.17, 15) is 8.78 Å². The number of nitrogens with two attached hydrogens (primary N) is 1. The van der Waals surface area contributed by atoms with Crippen LogP contribution in [0.2, 0.25) is 0 Å². The van der Waals surface area contributed by atoms with Crippen molar-refractivity contribution in [1.82, 2.24) is 0 Å². The van der Waals surface area contributed by atoms with Crippen molar-refractivity contribution >= 4 is 21.8 Å². The van der Waals surface area contributed by atoms with Gasteiger partial charge < -0.3 is 10.5 Å². The van der Waals surface area contributed by atoms with Gasteiger partial charge in [0.25, 0.3) is 6.43 Å². The number of alkyl halides is 2. The number of nitrogen functional groups attached to an aromatic ring is 1. The van der Waals surface area contributed by atoms with Crippen LogP contribution in [0.5, 0.6) is 5.75 Å². The fraction of sp³-hybridized carbons (Fsp3) is 0.222. The Kier molecular flexibility index (Phi) is 4.02. The number of rotatable bonds is 4. The lowest BCUT2D eigenvalue weighted by Crippen LogP contribution is -2.11. The molecule has 1 aromatic carbocycles. The smallest absolute Gasteiger partial charge is 0.272 e. The largest absolute Gasteiger partial charge is 0.486 e. The maximum Gasteiger partial charge on any atom is 0.272 e. The molecule has 0 amide bonds. The summed E-state index contributed by atoms with van der Waals surface area (Å²) in [6.07, 6.45) is -2.51. The van der Waals surface area contributed by atoms with Gasteiger partial charge in [-0.1, -0.05) is 0 Å². The molecule has 0 aliphatic carbocycles. The topological polar surface area (TPSA) is 59.1 Å². The quantitative estimate of drug-likeness (QED) is 0.656. The highest BCUT2D eigenvalue weighted by Crippen LogP contribution is 2.26. The molecule has 6 heteroatoms. The van der Waals surface area contributed by atoms with E-state index < -0.39 is 13.0 Å². The molecule has 0 atom stereocenters. The molecule has 1 rings (SSSR count). The summed E-state index contributed by atoms with van der Waals surface area (Å²) in [5.74, 6) is 0.219. The standard InChI is InChI=1S/C9H9BrF2N2O/c10-6-3-5(9(13)14)1-2-7(6)15-4-8(11)12/h1-3,8H,4H2,(H3,13,14). The molecule has 0 aliphatic rings. The van der Waals surface area contributed by atoms with E-state index in [1.165, 1.54) is 12.1 Å². The fourth-order valence-corrected chi connectivity index (χ4v) is 1.43. The fourth-order valence-electron chi connectivity index (χ4n) is 0.938. The molecule has 0 bridgehead atoms. The second-order valence-electron chi connectivity index (χ2n) is 2.76. The van der Waals surface area contributed by atoms with Crippen molar-refractivity contribution in [1.29, 1.82) is 5.41 Å². The zero-order valence-corrected chi connectivity index (χ0v) is 9.22. The molecule has 0 saturated heterocycles. The van der Waals surface area contributed by atoms with Crippen LogP contribution in [-0.4, -0.2) is 18.9 Å². The third-order valence-corrected chi connectivity index (χ3v) is 2.23. The molecule has 0 spiro atoms. The first-order chi connectivity index (χ1) is 7.00. The van der Waals surface area contributed by atoms with Gasteiger partial charge in [0, 0.05) is 5.56 Å². The summed E-state index contributed by atoms with van der Waals surface area (Å²) >= 11 is 3.14. The van der Waals surface area contributed by atoms with Crippen molar-refractivity contribution in [2.24, 2.45) is 5.73 Å². The lowest BCUT2D eigenvalue weighted by molar-refractivity contribution is 0.0815. The maximum atomic E-state index is 11.9. The third-order valence-electron chi connectivity index (χ3n) is 1.61. The van der Waals surface area contributed by atoms with E-state index in [-0.39, 0.29) is 5.84 Å². The van der Waals surface area contributed by atoms with Crippen LogP contribution < -0.4 is 10.5 Å². The van der Waals surface area contributed by atoms with Gasteiger partial charge in [-0.25, -0.2) is 8.78 Å². The maximum absolute atomic E-state index is 11.9. The number of amidine groups is 1. The lowest BCUT2D eigenvalue weighted by Gasteiger charge is -2.08. The first-order valence-electron chi connectivity index (χ1n) is 4.05. The van der Waals surface area contributed by atoms with Gasteiger partial charge in [0.1, 0.15) is 18.2 Å². The molecular formula is C9H9BrF2N2O. The summed E-state index contributed by atoms with van der Waals surface area (Å²) in [7, 11) is 0. The molecule has 0 unspecified atom stereocenters. The van der Waals surface area contributed by atoms with Crippen molar-refractivity contribution in [3.8, 4) is 5.75 Å². The molecule has 3 N–H and O–H groups in total. The lowest BCUT2D eigenvalue weighted by atomic mass is 10.2. The molecule has 0 heterocycles. The minimum Gasteiger partial charge on any atom is -0.486 e. The van der Waals surface area contributed by atoms with Crippen LogP contribution in [0.1, 0.15) is 5.56 Å². The van der Waals surface area contributed by atoms with Crippen LogP contribution in [0, 0.1) is 5.41 Å². The van der Waals surface area contributed by atoms with Crippen LogP contribution >= 0.6 is 15.9 Å². The first kappa shape index (κ1) is 11.9. The van der Waals surface area contributed by atoms with Gasteiger partial charge in [-0.15, -0.1) is 0 Å². The van der Waals surface area contributed by atoms with Crippen molar-refractivity contribution < 1.29 is 13.5 Å². The zero-order chi connectivity index (χ0) is 11.4. The van der Waals surface area contributed by atoms with Crippen LogP contribution in [0.4, 0.5) is 8.78 Å². The second kappa shape index (κ2) is 5.06. The highest BCUT2D eigenvalue weighted by atomic mass is 79.9. The summed E-state index contributed by atoms with van der Waals surface area (Å²) in [5.41, 5.74) is 5.76. The summed E-state index contributed by atoms with van der Waals surface area (Å²) in [6, 6.07) is 4.57. The predicted octanol–water partition coefficient (Wildman–Crippen LogP) is 2.38.